The monoisotopic (exact) mass is 499 g/mol. The van der Waals surface area contributed by atoms with Crippen molar-refractivity contribution in [1.29, 1.82) is 0 Å². The molecule has 1 N–H and O–H groups in total. The first kappa shape index (κ1) is 25.2. The number of nitrogens with one attached hydrogen (secondary N) is 1. The lowest BCUT2D eigenvalue weighted by atomic mass is 9.95. The number of nitrogens with zero attached hydrogens (tertiary/aromatic N) is 2. The summed E-state index contributed by atoms with van der Waals surface area (Å²) in [6.07, 6.45) is 5.09. The number of anilines is 1. The first-order valence-electron chi connectivity index (χ1n) is 12.1. The van der Waals surface area contributed by atoms with E-state index >= 15 is 0 Å². The van der Waals surface area contributed by atoms with Gasteiger partial charge in [0.15, 0.2) is 0 Å². The molecule has 8 nitrogen and oxygen atoms in total. The minimum atomic E-state index is -0.388. The lowest BCUT2D eigenvalue weighted by Gasteiger charge is -2.34. The number of amides is 2. The fourth-order valence-corrected chi connectivity index (χ4v) is 5.99. The number of fused-ring (bicyclic) bond motifs is 1. The van der Waals surface area contributed by atoms with E-state index < -0.39 is 0 Å². The molecule has 1 aliphatic carbocycles. The molecule has 1 aromatic heterocycles. The molecule has 1 fully saturated rings. The van der Waals surface area contributed by atoms with Gasteiger partial charge in [-0.2, -0.15) is 0 Å². The van der Waals surface area contributed by atoms with Crippen LogP contribution in [-0.4, -0.2) is 74.5 Å². The summed E-state index contributed by atoms with van der Waals surface area (Å²) >= 11 is 1.49. The van der Waals surface area contributed by atoms with Gasteiger partial charge in [0.1, 0.15) is 10.8 Å². The SMILES string of the molecule is COC(=O)c1c(NC(=O)CN2CCN(C(=O)CCc3ccc(OC)cc3)CC2)sc2c1CCCC2. The van der Waals surface area contributed by atoms with Gasteiger partial charge in [-0.15, -0.1) is 11.3 Å². The van der Waals surface area contributed by atoms with Crippen LogP contribution in [0, 0.1) is 0 Å². The highest BCUT2D eigenvalue weighted by molar-refractivity contribution is 7.17. The van der Waals surface area contributed by atoms with E-state index in [0.29, 0.717) is 49.6 Å². The van der Waals surface area contributed by atoms with Gasteiger partial charge in [0, 0.05) is 37.5 Å². The van der Waals surface area contributed by atoms with Crippen molar-refractivity contribution in [3.63, 3.8) is 0 Å². The Morgan fingerprint density at radius 3 is 2.40 bits per heavy atom. The number of carbonyl (C=O) groups excluding carboxylic acids is 3. The molecule has 0 bridgehead atoms. The van der Waals surface area contributed by atoms with Crippen molar-refractivity contribution >= 4 is 34.1 Å². The molecule has 0 unspecified atom stereocenters. The third kappa shape index (κ3) is 6.21. The molecule has 2 aromatic rings. The lowest BCUT2D eigenvalue weighted by molar-refractivity contribution is -0.133. The molecule has 35 heavy (non-hydrogen) atoms. The molecular weight excluding hydrogens is 466 g/mol. The standard InChI is InChI=1S/C26H33N3O5S/c1-33-19-10-7-18(8-11-19)9-12-23(31)29-15-13-28(14-16-29)17-22(30)27-25-24(26(32)34-2)20-5-3-4-6-21(20)35-25/h7-8,10-11H,3-6,9,12-17H2,1-2H3,(H,27,30). The fourth-order valence-electron chi connectivity index (χ4n) is 4.70. The molecule has 4 rings (SSSR count). The molecular formula is C26H33N3O5S. The average Bonchev–Trinajstić information content (AvgIpc) is 3.25. The van der Waals surface area contributed by atoms with Gasteiger partial charge in [-0.3, -0.25) is 14.5 Å². The van der Waals surface area contributed by atoms with Gasteiger partial charge >= 0.3 is 5.97 Å². The summed E-state index contributed by atoms with van der Waals surface area (Å²) in [6, 6.07) is 7.78. The van der Waals surface area contributed by atoms with Crippen molar-refractivity contribution in [2.75, 3.05) is 52.3 Å². The number of benzene rings is 1. The van der Waals surface area contributed by atoms with Crippen LogP contribution in [0.1, 0.15) is 45.6 Å². The van der Waals surface area contributed by atoms with Crippen molar-refractivity contribution in [3.8, 4) is 5.75 Å². The molecule has 2 aliphatic rings. The number of carbonyl (C=O) groups is 3. The zero-order chi connectivity index (χ0) is 24.8. The Morgan fingerprint density at radius 1 is 1.00 bits per heavy atom. The zero-order valence-corrected chi connectivity index (χ0v) is 21.2. The first-order chi connectivity index (χ1) is 17.0. The number of esters is 1. The van der Waals surface area contributed by atoms with Crippen LogP contribution >= 0.6 is 11.3 Å². The Hall–Kier alpha value is -2.91. The van der Waals surface area contributed by atoms with Gasteiger partial charge < -0.3 is 19.7 Å². The molecule has 0 radical (unpaired) electrons. The Bertz CT molecular complexity index is 1060. The summed E-state index contributed by atoms with van der Waals surface area (Å²) in [4.78, 5) is 42.9. The number of hydrogen-bond donors (Lipinski definition) is 1. The van der Waals surface area contributed by atoms with E-state index in [1.807, 2.05) is 34.1 Å². The number of aryl methyl sites for hydroxylation is 2. The molecule has 2 amide bonds. The van der Waals surface area contributed by atoms with Crippen LogP contribution in [0.25, 0.3) is 0 Å². The normalized spacial score (nSPS) is 15.9. The smallest absolute Gasteiger partial charge is 0.341 e. The van der Waals surface area contributed by atoms with Gasteiger partial charge in [-0.1, -0.05) is 12.1 Å². The molecule has 9 heteroatoms. The number of rotatable bonds is 8. The summed E-state index contributed by atoms with van der Waals surface area (Å²) in [5.41, 5.74) is 2.66. The molecule has 0 saturated carbocycles. The summed E-state index contributed by atoms with van der Waals surface area (Å²) in [7, 11) is 3.01. The van der Waals surface area contributed by atoms with Gasteiger partial charge in [0.2, 0.25) is 11.8 Å². The third-order valence-corrected chi connectivity index (χ3v) is 7.90. The second kappa shape index (κ2) is 11.7. The largest absolute Gasteiger partial charge is 0.497 e. The summed E-state index contributed by atoms with van der Waals surface area (Å²) in [6.45, 7) is 2.74. The minimum absolute atomic E-state index is 0.136. The van der Waals surface area contributed by atoms with Gasteiger partial charge in [-0.05, 0) is 55.4 Å². The fraction of sp³-hybridized carbons (Fsp3) is 0.500. The predicted molar refractivity (Wildman–Crippen MR) is 135 cm³/mol. The third-order valence-electron chi connectivity index (χ3n) is 6.69. The second-order valence-corrected chi connectivity index (χ2v) is 10.1. The highest BCUT2D eigenvalue weighted by atomic mass is 32.1. The van der Waals surface area contributed by atoms with Crippen molar-refractivity contribution in [3.05, 3.63) is 45.8 Å². The van der Waals surface area contributed by atoms with Gasteiger partial charge in [-0.25, -0.2) is 4.79 Å². The Balaban J connectivity index is 1.25. The maximum atomic E-state index is 12.8. The Kier molecular flexibility index (Phi) is 8.41. The van der Waals surface area contributed by atoms with Gasteiger partial charge in [0.25, 0.3) is 0 Å². The summed E-state index contributed by atoms with van der Waals surface area (Å²) in [5, 5.41) is 3.56. The molecule has 188 valence electrons. The van der Waals surface area contributed by atoms with E-state index in [-0.39, 0.29) is 24.3 Å². The molecule has 1 saturated heterocycles. The van der Waals surface area contributed by atoms with Crippen LogP contribution in [0.4, 0.5) is 5.00 Å². The highest BCUT2D eigenvalue weighted by Crippen LogP contribution is 2.38. The van der Waals surface area contributed by atoms with Crippen LogP contribution in [0.15, 0.2) is 24.3 Å². The van der Waals surface area contributed by atoms with E-state index in [4.69, 9.17) is 9.47 Å². The molecule has 2 heterocycles. The topological polar surface area (TPSA) is 88.2 Å². The number of thiophene rings is 1. The predicted octanol–water partition coefficient (Wildman–Crippen LogP) is 3.14. The molecule has 1 aromatic carbocycles. The number of hydrogen-bond acceptors (Lipinski definition) is 7. The lowest BCUT2D eigenvalue weighted by Crippen LogP contribution is -2.50. The Labute approximate surface area is 210 Å². The van der Waals surface area contributed by atoms with Crippen molar-refractivity contribution < 1.29 is 23.9 Å². The Morgan fingerprint density at radius 2 is 1.71 bits per heavy atom. The van der Waals surface area contributed by atoms with Crippen molar-refractivity contribution in [1.82, 2.24) is 9.80 Å². The molecule has 1 aliphatic heterocycles. The van der Waals surface area contributed by atoms with Crippen LogP contribution in [0.5, 0.6) is 5.75 Å². The van der Waals surface area contributed by atoms with E-state index in [1.54, 1.807) is 7.11 Å². The quantitative estimate of drug-likeness (QED) is 0.562. The second-order valence-electron chi connectivity index (χ2n) is 8.96. The van der Waals surface area contributed by atoms with E-state index in [1.165, 1.54) is 23.3 Å². The van der Waals surface area contributed by atoms with Crippen LogP contribution in [0.3, 0.4) is 0 Å². The first-order valence-corrected chi connectivity index (χ1v) is 13.0. The summed E-state index contributed by atoms with van der Waals surface area (Å²) < 4.78 is 10.2. The van der Waals surface area contributed by atoms with Crippen LogP contribution in [-0.2, 0) is 33.6 Å². The van der Waals surface area contributed by atoms with E-state index in [2.05, 4.69) is 5.32 Å². The molecule has 0 atom stereocenters. The number of ether oxygens (including phenoxy) is 2. The van der Waals surface area contributed by atoms with Gasteiger partial charge in [0.05, 0.1) is 26.3 Å². The zero-order valence-electron chi connectivity index (χ0n) is 20.4. The summed E-state index contributed by atoms with van der Waals surface area (Å²) in [5.74, 6) is 0.409. The van der Waals surface area contributed by atoms with Crippen molar-refractivity contribution in [2.45, 2.75) is 38.5 Å². The average molecular weight is 500 g/mol. The maximum absolute atomic E-state index is 12.8. The molecule has 0 spiro atoms. The maximum Gasteiger partial charge on any atom is 0.341 e. The highest BCUT2D eigenvalue weighted by Gasteiger charge is 2.28. The van der Waals surface area contributed by atoms with Crippen LogP contribution < -0.4 is 10.1 Å². The van der Waals surface area contributed by atoms with E-state index in [0.717, 1.165) is 42.6 Å². The number of methoxy groups -OCH3 is 2. The minimum Gasteiger partial charge on any atom is -0.497 e. The van der Waals surface area contributed by atoms with Crippen LogP contribution in [0.2, 0.25) is 0 Å². The van der Waals surface area contributed by atoms with E-state index in [9.17, 15) is 14.4 Å². The van der Waals surface area contributed by atoms with Crippen molar-refractivity contribution in [2.24, 2.45) is 0 Å². The number of piperazine rings is 1.